The van der Waals surface area contributed by atoms with Crippen molar-refractivity contribution in [1.82, 2.24) is 9.38 Å². The summed E-state index contributed by atoms with van der Waals surface area (Å²) < 4.78 is 7.11. The maximum atomic E-state index is 5.16. The Bertz CT molecular complexity index is 377. The van der Waals surface area contributed by atoms with Crippen molar-refractivity contribution in [2.24, 2.45) is 0 Å². The summed E-state index contributed by atoms with van der Waals surface area (Å²) >= 11 is 1.61. The largest absolute Gasteiger partial charge is 0.481 e. The van der Waals surface area contributed by atoms with Gasteiger partial charge < -0.3 is 4.74 Å². The fraction of sp³-hybridized carbons (Fsp3) is 0.286. The van der Waals surface area contributed by atoms with Gasteiger partial charge in [-0.2, -0.15) is 0 Å². The number of fused-ring (bicyclic) bond motifs is 1. The van der Waals surface area contributed by atoms with Crippen molar-refractivity contribution < 1.29 is 4.74 Å². The van der Waals surface area contributed by atoms with Crippen LogP contribution in [0.3, 0.4) is 0 Å². The number of nitrogens with zero attached hydrogens (tertiary/aromatic N) is 2. The third-order valence-corrected chi connectivity index (χ3v) is 2.33. The van der Waals surface area contributed by atoms with Crippen LogP contribution >= 0.6 is 11.3 Å². The van der Waals surface area contributed by atoms with E-state index < -0.39 is 0 Å². The highest BCUT2D eigenvalue weighted by molar-refractivity contribution is 7.15. The highest BCUT2D eigenvalue weighted by Crippen LogP contribution is 2.22. The van der Waals surface area contributed by atoms with E-state index in [2.05, 4.69) is 4.98 Å². The molecule has 2 aromatic heterocycles. The van der Waals surface area contributed by atoms with Gasteiger partial charge in [-0.15, -0.1) is 11.3 Å². The van der Waals surface area contributed by atoms with E-state index in [0.717, 1.165) is 16.5 Å². The summed E-state index contributed by atoms with van der Waals surface area (Å²) in [5, 5.41) is 1.99. The average molecular weight is 168 g/mol. The number of methoxy groups -OCH3 is 1. The topological polar surface area (TPSA) is 26.5 Å². The number of aromatic nitrogens is 2. The molecule has 0 spiro atoms. The molecule has 0 unspecified atom stereocenters. The highest BCUT2D eigenvalue weighted by atomic mass is 32.1. The summed E-state index contributed by atoms with van der Waals surface area (Å²) in [6.45, 7) is 1.94. The lowest BCUT2D eigenvalue weighted by molar-refractivity contribution is 0.391. The van der Waals surface area contributed by atoms with Crippen LogP contribution in [0, 0.1) is 6.92 Å². The first-order valence-corrected chi connectivity index (χ1v) is 4.17. The highest BCUT2D eigenvalue weighted by Gasteiger charge is 2.07. The summed E-state index contributed by atoms with van der Waals surface area (Å²) in [5.41, 5.74) is 0.944. The Hall–Kier alpha value is -1.03. The smallest absolute Gasteiger partial charge is 0.221 e. The molecule has 0 radical (unpaired) electrons. The molecule has 2 heterocycles. The van der Waals surface area contributed by atoms with E-state index in [0.29, 0.717) is 0 Å². The van der Waals surface area contributed by atoms with Crippen molar-refractivity contribution in [3.05, 3.63) is 17.3 Å². The minimum Gasteiger partial charge on any atom is -0.481 e. The quantitative estimate of drug-likeness (QED) is 0.648. The molecule has 0 aromatic carbocycles. The van der Waals surface area contributed by atoms with Crippen molar-refractivity contribution >= 4 is 16.3 Å². The zero-order chi connectivity index (χ0) is 7.84. The van der Waals surface area contributed by atoms with Crippen LogP contribution in [0.1, 0.15) is 5.69 Å². The van der Waals surface area contributed by atoms with Crippen LogP contribution in [-0.4, -0.2) is 16.5 Å². The van der Waals surface area contributed by atoms with Crippen LogP contribution in [0.5, 0.6) is 5.88 Å². The first-order valence-electron chi connectivity index (χ1n) is 3.29. The van der Waals surface area contributed by atoms with Crippen molar-refractivity contribution in [2.45, 2.75) is 6.92 Å². The Morgan fingerprint density at radius 2 is 2.45 bits per heavy atom. The lowest BCUT2D eigenvalue weighted by atomic mass is 10.5. The van der Waals surface area contributed by atoms with Gasteiger partial charge in [-0.1, -0.05) is 0 Å². The summed E-state index contributed by atoms with van der Waals surface area (Å²) in [6, 6.07) is 0. The zero-order valence-corrected chi connectivity index (χ0v) is 7.18. The van der Waals surface area contributed by atoms with Gasteiger partial charge in [0, 0.05) is 11.6 Å². The zero-order valence-electron chi connectivity index (χ0n) is 6.37. The molecule has 0 atom stereocenters. The number of rotatable bonds is 1. The van der Waals surface area contributed by atoms with Crippen LogP contribution in [-0.2, 0) is 0 Å². The Kier molecular flexibility index (Phi) is 1.35. The normalized spacial score (nSPS) is 10.7. The van der Waals surface area contributed by atoms with Crippen molar-refractivity contribution in [1.29, 1.82) is 0 Å². The van der Waals surface area contributed by atoms with Crippen LogP contribution in [0.15, 0.2) is 11.6 Å². The Morgan fingerprint density at radius 1 is 1.64 bits per heavy atom. The molecular weight excluding hydrogens is 160 g/mol. The predicted octanol–water partition coefficient (Wildman–Crippen LogP) is 1.71. The summed E-state index contributed by atoms with van der Waals surface area (Å²) in [7, 11) is 1.66. The van der Waals surface area contributed by atoms with E-state index in [1.165, 1.54) is 0 Å². The van der Waals surface area contributed by atoms with Crippen molar-refractivity contribution in [3.63, 3.8) is 0 Å². The summed E-state index contributed by atoms with van der Waals surface area (Å²) in [6.07, 6.45) is 1.96. The third kappa shape index (κ3) is 0.826. The average Bonchev–Trinajstić information content (AvgIpc) is 2.46. The maximum absolute atomic E-state index is 5.16. The SMILES string of the molecule is COc1c(C)nc2sccn12. The molecule has 0 aliphatic rings. The molecule has 0 fully saturated rings. The van der Waals surface area contributed by atoms with Gasteiger partial charge in [-0.3, -0.25) is 4.40 Å². The number of aryl methyl sites for hydroxylation is 1. The molecule has 11 heavy (non-hydrogen) atoms. The van der Waals surface area contributed by atoms with E-state index in [4.69, 9.17) is 4.74 Å². The molecule has 0 amide bonds. The van der Waals surface area contributed by atoms with Gasteiger partial charge in [0.15, 0.2) is 4.96 Å². The van der Waals surface area contributed by atoms with E-state index in [1.807, 2.05) is 22.9 Å². The Labute approximate surface area is 68.3 Å². The molecule has 58 valence electrons. The van der Waals surface area contributed by atoms with Crippen molar-refractivity contribution in [3.8, 4) is 5.88 Å². The molecule has 0 N–H and O–H groups in total. The molecule has 0 bridgehead atoms. The van der Waals surface area contributed by atoms with Crippen LogP contribution < -0.4 is 4.74 Å². The van der Waals surface area contributed by atoms with Crippen LogP contribution in [0.25, 0.3) is 4.96 Å². The van der Waals surface area contributed by atoms with Gasteiger partial charge in [0.25, 0.3) is 0 Å². The molecule has 0 aliphatic carbocycles. The second-order valence-electron chi connectivity index (χ2n) is 2.26. The van der Waals surface area contributed by atoms with Gasteiger partial charge in [0.05, 0.1) is 7.11 Å². The summed E-state index contributed by atoms with van der Waals surface area (Å²) in [4.78, 5) is 5.29. The van der Waals surface area contributed by atoms with Crippen molar-refractivity contribution in [2.75, 3.05) is 7.11 Å². The van der Waals surface area contributed by atoms with Crippen LogP contribution in [0.4, 0.5) is 0 Å². The fourth-order valence-corrected chi connectivity index (χ4v) is 1.87. The number of hydrogen-bond donors (Lipinski definition) is 0. The molecule has 3 nitrogen and oxygen atoms in total. The molecule has 2 aromatic rings. The molecule has 0 saturated heterocycles. The molecule has 2 rings (SSSR count). The first kappa shape index (κ1) is 6.67. The van der Waals surface area contributed by atoms with E-state index in [1.54, 1.807) is 18.4 Å². The minimum atomic E-state index is 0.834. The second kappa shape index (κ2) is 2.23. The van der Waals surface area contributed by atoms with Crippen LogP contribution in [0.2, 0.25) is 0 Å². The Balaban J connectivity index is 2.80. The number of imidazole rings is 1. The lowest BCUT2D eigenvalue weighted by Crippen LogP contribution is -1.88. The van der Waals surface area contributed by atoms with Gasteiger partial charge in [0.1, 0.15) is 5.69 Å². The monoisotopic (exact) mass is 168 g/mol. The second-order valence-corrected chi connectivity index (χ2v) is 3.14. The fourth-order valence-electron chi connectivity index (χ4n) is 1.12. The standard InChI is InChI=1S/C7H8N2OS/c1-5-6(10-2)9-3-4-11-7(9)8-5/h3-4H,1-2H3. The molecular formula is C7H8N2OS. The van der Waals surface area contributed by atoms with E-state index in [9.17, 15) is 0 Å². The predicted molar refractivity (Wildman–Crippen MR) is 44.4 cm³/mol. The maximum Gasteiger partial charge on any atom is 0.221 e. The number of hydrogen-bond acceptors (Lipinski definition) is 3. The van der Waals surface area contributed by atoms with Gasteiger partial charge in [-0.05, 0) is 6.92 Å². The number of ether oxygens (including phenoxy) is 1. The Morgan fingerprint density at radius 3 is 3.18 bits per heavy atom. The third-order valence-electron chi connectivity index (χ3n) is 1.57. The lowest BCUT2D eigenvalue weighted by Gasteiger charge is -1.95. The van der Waals surface area contributed by atoms with Gasteiger partial charge in [0.2, 0.25) is 5.88 Å². The molecule has 4 heteroatoms. The number of thiazole rings is 1. The summed E-state index contributed by atoms with van der Waals surface area (Å²) in [5.74, 6) is 0.834. The first-order chi connectivity index (χ1) is 5.33. The molecule has 0 saturated carbocycles. The van der Waals surface area contributed by atoms with E-state index in [-0.39, 0.29) is 0 Å². The van der Waals surface area contributed by atoms with Gasteiger partial charge >= 0.3 is 0 Å². The molecule has 0 aliphatic heterocycles. The van der Waals surface area contributed by atoms with Gasteiger partial charge in [-0.25, -0.2) is 4.98 Å². The van der Waals surface area contributed by atoms with E-state index >= 15 is 0 Å². The minimum absolute atomic E-state index is 0.834.